The molecular formula is C28H38N2O4S2. The predicted molar refractivity (Wildman–Crippen MR) is 149 cm³/mol. The third-order valence-electron chi connectivity index (χ3n) is 5.14. The summed E-state index contributed by atoms with van der Waals surface area (Å²) in [6, 6.07) is 19.6. The molecule has 6 nitrogen and oxygen atoms in total. The summed E-state index contributed by atoms with van der Waals surface area (Å²) in [5, 5.41) is 0. The van der Waals surface area contributed by atoms with Gasteiger partial charge < -0.3 is 14.5 Å². The van der Waals surface area contributed by atoms with E-state index in [1.165, 1.54) is 0 Å². The molecule has 0 bridgehead atoms. The maximum Gasteiger partial charge on any atom is 0.326 e. The molecule has 0 aliphatic heterocycles. The van der Waals surface area contributed by atoms with Crippen molar-refractivity contribution in [3.05, 3.63) is 71.8 Å². The first-order chi connectivity index (χ1) is 17.2. The van der Waals surface area contributed by atoms with E-state index >= 15 is 0 Å². The summed E-state index contributed by atoms with van der Waals surface area (Å²) in [4.78, 5) is 41.3. The summed E-state index contributed by atoms with van der Waals surface area (Å²) >= 11 is 0. The summed E-state index contributed by atoms with van der Waals surface area (Å²) in [6.45, 7) is 9.01. The highest BCUT2D eigenvalue weighted by atomic mass is 33.1. The van der Waals surface area contributed by atoms with E-state index < -0.39 is 11.6 Å². The molecule has 2 aromatic rings. The fourth-order valence-corrected chi connectivity index (χ4v) is 5.40. The van der Waals surface area contributed by atoms with E-state index in [0.717, 1.165) is 11.1 Å². The zero-order valence-electron chi connectivity index (χ0n) is 21.8. The molecule has 0 fully saturated rings. The number of hydrogen-bond donors (Lipinski definition) is 0. The summed E-state index contributed by atoms with van der Waals surface area (Å²) in [6.07, 6.45) is 0.779. The Bertz CT molecular complexity index is 949. The van der Waals surface area contributed by atoms with Gasteiger partial charge in [0, 0.05) is 44.0 Å². The first kappa shape index (κ1) is 29.8. The lowest BCUT2D eigenvalue weighted by atomic mass is 10.2. The van der Waals surface area contributed by atoms with E-state index in [1.54, 1.807) is 26.5 Å². The van der Waals surface area contributed by atoms with Gasteiger partial charge in [0.05, 0.1) is 0 Å². The molecule has 196 valence electrons. The van der Waals surface area contributed by atoms with Crippen molar-refractivity contribution in [3.63, 3.8) is 0 Å². The van der Waals surface area contributed by atoms with Gasteiger partial charge in [0.1, 0.15) is 12.1 Å². The van der Waals surface area contributed by atoms with Crippen LogP contribution in [0.2, 0.25) is 0 Å². The van der Waals surface area contributed by atoms with Crippen molar-refractivity contribution in [3.8, 4) is 0 Å². The van der Waals surface area contributed by atoms with Gasteiger partial charge in [-0.3, -0.25) is 14.4 Å². The Labute approximate surface area is 223 Å². The molecule has 0 radical (unpaired) electrons. The lowest BCUT2D eigenvalue weighted by Gasteiger charge is -2.25. The van der Waals surface area contributed by atoms with Crippen molar-refractivity contribution in [2.24, 2.45) is 0 Å². The topological polar surface area (TPSA) is 66.9 Å². The monoisotopic (exact) mass is 530 g/mol. The number of carbonyl (C=O) groups excluding carboxylic acids is 3. The number of carbonyl (C=O) groups is 3. The Balaban J connectivity index is 1.76. The van der Waals surface area contributed by atoms with Crippen LogP contribution in [0.1, 0.15) is 51.7 Å². The van der Waals surface area contributed by atoms with Crippen molar-refractivity contribution < 1.29 is 19.1 Å². The molecule has 0 atom stereocenters. The number of esters is 1. The first-order valence-corrected chi connectivity index (χ1v) is 14.8. The maximum absolute atomic E-state index is 12.9. The minimum atomic E-state index is -0.600. The number of hydrogen-bond acceptors (Lipinski definition) is 6. The third kappa shape index (κ3) is 12.0. The van der Waals surface area contributed by atoms with E-state index in [2.05, 4.69) is 0 Å². The number of ether oxygens (including phenoxy) is 1. The molecule has 0 aliphatic rings. The highest BCUT2D eigenvalue weighted by Gasteiger charge is 2.22. The van der Waals surface area contributed by atoms with E-state index in [9.17, 15) is 14.4 Å². The number of benzene rings is 2. The molecule has 2 rings (SSSR count). The van der Waals surface area contributed by atoms with Crippen LogP contribution >= 0.6 is 21.6 Å². The molecule has 0 spiro atoms. The van der Waals surface area contributed by atoms with Crippen molar-refractivity contribution in [1.82, 2.24) is 9.80 Å². The molecule has 0 saturated carbocycles. The van der Waals surface area contributed by atoms with Gasteiger partial charge in [0.25, 0.3) is 0 Å². The number of amides is 2. The Hall–Kier alpha value is -2.45. The van der Waals surface area contributed by atoms with Crippen molar-refractivity contribution in [2.75, 3.05) is 24.6 Å². The van der Waals surface area contributed by atoms with Crippen LogP contribution in [0.3, 0.4) is 0 Å². The van der Waals surface area contributed by atoms with Gasteiger partial charge in [-0.05, 0) is 38.8 Å². The van der Waals surface area contributed by atoms with E-state index in [4.69, 9.17) is 4.74 Å². The molecule has 0 unspecified atom stereocenters. The maximum atomic E-state index is 12.9. The van der Waals surface area contributed by atoms with E-state index in [1.807, 2.05) is 93.3 Å². The standard InChI is InChI=1S/C28H38N2O4S2/c1-5-29(20-23-12-8-6-9-13-23)25(31)16-18-35-36-19-17-26(32)30(21-24-14-10-7-11-15-24)22-27(33)34-28(2,3)4/h6-15H,5,16-22H2,1-4H3. The summed E-state index contributed by atoms with van der Waals surface area (Å²) in [7, 11) is 3.18. The van der Waals surface area contributed by atoms with E-state index in [0.29, 0.717) is 44.0 Å². The average Bonchev–Trinajstić information content (AvgIpc) is 2.84. The van der Waals surface area contributed by atoms with Gasteiger partial charge in [0.2, 0.25) is 11.8 Å². The molecular weight excluding hydrogens is 492 g/mol. The number of nitrogens with zero attached hydrogens (tertiary/aromatic N) is 2. The van der Waals surface area contributed by atoms with Gasteiger partial charge in [-0.25, -0.2) is 0 Å². The highest BCUT2D eigenvalue weighted by molar-refractivity contribution is 8.76. The highest BCUT2D eigenvalue weighted by Crippen LogP contribution is 2.24. The first-order valence-electron chi connectivity index (χ1n) is 12.3. The van der Waals surface area contributed by atoms with Gasteiger partial charge in [-0.1, -0.05) is 82.3 Å². The molecule has 0 N–H and O–H groups in total. The number of rotatable bonds is 14. The molecule has 0 aromatic heterocycles. The Morgan fingerprint density at radius 3 is 1.64 bits per heavy atom. The molecule has 2 aromatic carbocycles. The summed E-state index contributed by atoms with van der Waals surface area (Å²) < 4.78 is 5.42. The fourth-order valence-electron chi connectivity index (χ4n) is 3.44. The molecule has 36 heavy (non-hydrogen) atoms. The lowest BCUT2D eigenvalue weighted by molar-refractivity contribution is -0.159. The quantitative estimate of drug-likeness (QED) is 0.181. The Morgan fingerprint density at radius 2 is 1.19 bits per heavy atom. The van der Waals surface area contributed by atoms with Crippen LogP contribution in [0, 0.1) is 0 Å². The molecule has 0 aliphatic carbocycles. The van der Waals surface area contributed by atoms with Crippen LogP contribution in [0.25, 0.3) is 0 Å². The zero-order chi connectivity index (χ0) is 26.4. The fraction of sp³-hybridized carbons (Fsp3) is 0.464. The third-order valence-corrected chi connectivity index (χ3v) is 7.55. The largest absolute Gasteiger partial charge is 0.459 e. The second kappa shape index (κ2) is 15.6. The van der Waals surface area contributed by atoms with Crippen LogP contribution in [0.5, 0.6) is 0 Å². The van der Waals surface area contributed by atoms with Crippen LogP contribution in [0.4, 0.5) is 0 Å². The van der Waals surface area contributed by atoms with Crippen LogP contribution in [0.15, 0.2) is 60.7 Å². The van der Waals surface area contributed by atoms with Gasteiger partial charge in [-0.2, -0.15) is 0 Å². The van der Waals surface area contributed by atoms with Crippen molar-refractivity contribution in [1.29, 1.82) is 0 Å². The van der Waals surface area contributed by atoms with Crippen LogP contribution in [-0.4, -0.2) is 57.8 Å². The Kier molecular flexibility index (Phi) is 12.9. The normalized spacial score (nSPS) is 11.1. The Morgan fingerprint density at radius 1 is 0.750 bits per heavy atom. The lowest BCUT2D eigenvalue weighted by Crippen LogP contribution is -2.38. The smallest absolute Gasteiger partial charge is 0.326 e. The average molecular weight is 531 g/mol. The molecule has 0 saturated heterocycles. The van der Waals surface area contributed by atoms with Gasteiger partial charge >= 0.3 is 5.97 Å². The van der Waals surface area contributed by atoms with Crippen molar-refractivity contribution >= 4 is 39.4 Å². The van der Waals surface area contributed by atoms with Crippen LogP contribution in [-0.2, 0) is 32.2 Å². The summed E-state index contributed by atoms with van der Waals surface area (Å²) in [5.41, 5.74) is 1.49. The zero-order valence-corrected chi connectivity index (χ0v) is 23.4. The second-order valence-corrected chi connectivity index (χ2v) is 12.1. The van der Waals surface area contributed by atoms with Gasteiger partial charge in [0.15, 0.2) is 0 Å². The SMILES string of the molecule is CCN(Cc1ccccc1)C(=O)CCSSCCC(=O)N(CC(=O)OC(C)(C)C)Cc1ccccc1. The molecule has 8 heteroatoms. The minimum Gasteiger partial charge on any atom is -0.459 e. The van der Waals surface area contributed by atoms with E-state index in [-0.39, 0.29) is 18.4 Å². The van der Waals surface area contributed by atoms with Crippen molar-refractivity contribution in [2.45, 2.75) is 59.2 Å². The van der Waals surface area contributed by atoms with Gasteiger partial charge in [-0.15, -0.1) is 0 Å². The predicted octanol–water partition coefficient (Wildman–Crippen LogP) is 5.57. The summed E-state index contributed by atoms with van der Waals surface area (Å²) in [5.74, 6) is 0.932. The minimum absolute atomic E-state index is 0.0778. The van der Waals surface area contributed by atoms with Crippen LogP contribution < -0.4 is 0 Å². The molecule has 2 amide bonds. The second-order valence-electron chi connectivity index (χ2n) is 9.36. The molecule has 0 heterocycles.